The number of rotatable bonds is 6. The van der Waals surface area contributed by atoms with Gasteiger partial charge in [0.05, 0.1) is 29.8 Å². The molecule has 4 nitrogen and oxygen atoms in total. The Morgan fingerprint density at radius 3 is 2.88 bits per heavy atom. The smallest absolute Gasteiger partial charge is 0.226 e. The lowest BCUT2D eigenvalue weighted by Crippen LogP contribution is -2.27. The highest BCUT2D eigenvalue weighted by atomic mass is 35.5. The zero-order chi connectivity index (χ0) is 16.9. The minimum atomic E-state index is 0.0243. The zero-order valence-electron chi connectivity index (χ0n) is 13.2. The third kappa shape index (κ3) is 4.24. The largest absolute Gasteiger partial charge is 0.493 e. The number of hydrogen-bond donors (Lipinski definition) is 0. The third-order valence-electron chi connectivity index (χ3n) is 3.52. The van der Waals surface area contributed by atoms with E-state index in [1.807, 2.05) is 36.4 Å². The number of thiazole rings is 1. The maximum absolute atomic E-state index is 12.2. The predicted molar refractivity (Wildman–Crippen MR) is 97.7 cm³/mol. The Morgan fingerprint density at radius 1 is 1.25 bits per heavy atom. The van der Waals surface area contributed by atoms with Crippen LogP contribution < -0.4 is 4.74 Å². The van der Waals surface area contributed by atoms with Crippen molar-refractivity contribution < 1.29 is 9.53 Å². The van der Waals surface area contributed by atoms with Gasteiger partial charge in [-0.1, -0.05) is 29.8 Å². The van der Waals surface area contributed by atoms with Gasteiger partial charge in [-0.2, -0.15) is 0 Å². The SMILES string of the molecule is CN(Cc1nc2ccccc2s1)C(=O)CCOc1cccc(Cl)c1. The van der Waals surface area contributed by atoms with Crippen LogP contribution in [0.4, 0.5) is 0 Å². The number of aromatic nitrogens is 1. The summed E-state index contributed by atoms with van der Waals surface area (Å²) < 4.78 is 6.70. The Morgan fingerprint density at radius 2 is 2.08 bits per heavy atom. The molecule has 0 aliphatic heterocycles. The van der Waals surface area contributed by atoms with Gasteiger partial charge in [0.25, 0.3) is 0 Å². The van der Waals surface area contributed by atoms with E-state index < -0.39 is 0 Å². The summed E-state index contributed by atoms with van der Waals surface area (Å²) in [6, 6.07) is 15.1. The van der Waals surface area contributed by atoms with Gasteiger partial charge in [0, 0.05) is 12.1 Å². The average Bonchev–Trinajstić information content (AvgIpc) is 2.97. The molecule has 0 saturated carbocycles. The molecular formula is C18H17ClN2O2S. The first-order valence-electron chi connectivity index (χ1n) is 7.58. The maximum Gasteiger partial charge on any atom is 0.226 e. The summed E-state index contributed by atoms with van der Waals surface area (Å²) in [5, 5.41) is 1.55. The minimum Gasteiger partial charge on any atom is -0.493 e. The molecule has 6 heteroatoms. The molecule has 0 bridgehead atoms. The molecule has 0 fully saturated rings. The van der Waals surface area contributed by atoms with Gasteiger partial charge in [0.15, 0.2) is 0 Å². The van der Waals surface area contributed by atoms with Crippen molar-refractivity contribution in [2.75, 3.05) is 13.7 Å². The molecule has 1 aromatic heterocycles. The van der Waals surface area contributed by atoms with E-state index in [-0.39, 0.29) is 5.91 Å². The van der Waals surface area contributed by atoms with Gasteiger partial charge < -0.3 is 9.64 Å². The summed E-state index contributed by atoms with van der Waals surface area (Å²) in [7, 11) is 1.79. The monoisotopic (exact) mass is 360 g/mol. The van der Waals surface area contributed by atoms with E-state index in [4.69, 9.17) is 16.3 Å². The Balaban J connectivity index is 1.51. The van der Waals surface area contributed by atoms with Crippen molar-refractivity contribution in [1.29, 1.82) is 0 Å². The molecule has 0 spiro atoms. The van der Waals surface area contributed by atoms with Gasteiger partial charge in [-0.05, 0) is 30.3 Å². The number of fused-ring (bicyclic) bond motifs is 1. The fraction of sp³-hybridized carbons (Fsp3) is 0.222. The molecule has 1 heterocycles. The molecule has 0 saturated heterocycles. The Labute approximate surface area is 149 Å². The summed E-state index contributed by atoms with van der Waals surface area (Å²) in [6.45, 7) is 0.832. The maximum atomic E-state index is 12.2. The van der Waals surface area contributed by atoms with Gasteiger partial charge in [0.2, 0.25) is 5.91 Å². The van der Waals surface area contributed by atoms with Crippen LogP contribution in [0.2, 0.25) is 5.02 Å². The second kappa shape index (κ2) is 7.64. The Kier molecular flexibility index (Phi) is 5.33. The van der Waals surface area contributed by atoms with Crippen LogP contribution in [-0.4, -0.2) is 29.4 Å². The standard InChI is InChI=1S/C18H17ClN2O2S/c1-21(12-17-20-15-7-2-3-8-16(15)24-17)18(22)9-10-23-14-6-4-5-13(19)11-14/h2-8,11H,9-10,12H2,1H3. The molecule has 0 aliphatic carbocycles. The number of hydrogen-bond acceptors (Lipinski definition) is 4. The van der Waals surface area contributed by atoms with E-state index in [2.05, 4.69) is 4.98 Å². The van der Waals surface area contributed by atoms with Crippen LogP contribution in [0.5, 0.6) is 5.75 Å². The van der Waals surface area contributed by atoms with Crippen molar-refractivity contribution in [3.63, 3.8) is 0 Å². The first-order chi connectivity index (χ1) is 11.6. The number of halogens is 1. The van der Waals surface area contributed by atoms with E-state index in [9.17, 15) is 4.79 Å². The van der Waals surface area contributed by atoms with E-state index in [0.29, 0.717) is 30.3 Å². The summed E-state index contributed by atoms with van der Waals surface area (Å²) in [5.41, 5.74) is 0.975. The summed E-state index contributed by atoms with van der Waals surface area (Å²) in [6.07, 6.45) is 0.313. The number of nitrogens with zero attached hydrogens (tertiary/aromatic N) is 2. The highest BCUT2D eigenvalue weighted by Gasteiger charge is 2.12. The van der Waals surface area contributed by atoms with E-state index in [1.165, 1.54) is 0 Å². The number of carbonyl (C=O) groups excluding carboxylic acids is 1. The van der Waals surface area contributed by atoms with Gasteiger partial charge in [-0.3, -0.25) is 4.79 Å². The van der Waals surface area contributed by atoms with E-state index in [1.54, 1.807) is 35.4 Å². The second-order valence-corrected chi connectivity index (χ2v) is 6.93. The zero-order valence-corrected chi connectivity index (χ0v) is 14.8. The molecule has 0 atom stereocenters. The Bertz CT molecular complexity index is 817. The third-order valence-corrected chi connectivity index (χ3v) is 4.77. The molecular weight excluding hydrogens is 344 g/mol. The van der Waals surface area contributed by atoms with Gasteiger partial charge >= 0.3 is 0 Å². The van der Waals surface area contributed by atoms with Crippen LogP contribution in [0.1, 0.15) is 11.4 Å². The van der Waals surface area contributed by atoms with Crippen LogP contribution in [-0.2, 0) is 11.3 Å². The average molecular weight is 361 g/mol. The lowest BCUT2D eigenvalue weighted by atomic mass is 10.3. The van der Waals surface area contributed by atoms with Gasteiger partial charge in [-0.15, -0.1) is 11.3 Å². The Hall–Kier alpha value is -2.11. The number of benzene rings is 2. The molecule has 3 rings (SSSR count). The molecule has 124 valence electrons. The van der Waals surface area contributed by atoms with Crippen LogP contribution in [0.3, 0.4) is 0 Å². The number of amides is 1. The molecule has 0 unspecified atom stereocenters. The molecule has 2 aromatic carbocycles. The van der Waals surface area contributed by atoms with Crippen LogP contribution >= 0.6 is 22.9 Å². The summed E-state index contributed by atoms with van der Waals surface area (Å²) >= 11 is 7.51. The molecule has 0 aliphatic rings. The van der Waals surface area contributed by atoms with Crippen molar-refractivity contribution >= 4 is 39.1 Å². The van der Waals surface area contributed by atoms with E-state index >= 15 is 0 Å². The highest BCUT2D eigenvalue weighted by Crippen LogP contribution is 2.22. The molecule has 3 aromatic rings. The van der Waals surface area contributed by atoms with Gasteiger partial charge in [0.1, 0.15) is 10.8 Å². The second-order valence-electron chi connectivity index (χ2n) is 5.38. The van der Waals surface area contributed by atoms with Crippen molar-refractivity contribution in [3.8, 4) is 5.75 Å². The molecule has 0 radical (unpaired) electrons. The normalized spacial score (nSPS) is 10.8. The van der Waals surface area contributed by atoms with Crippen molar-refractivity contribution in [1.82, 2.24) is 9.88 Å². The fourth-order valence-electron chi connectivity index (χ4n) is 2.28. The van der Waals surface area contributed by atoms with Crippen LogP contribution in [0.25, 0.3) is 10.2 Å². The predicted octanol–water partition coefficient (Wildman–Crippen LogP) is 4.38. The molecule has 24 heavy (non-hydrogen) atoms. The van der Waals surface area contributed by atoms with Gasteiger partial charge in [-0.25, -0.2) is 4.98 Å². The van der Waals surface area contributed by atoms with Crippen LogP contribution in [0, 0.1) is 0 Å². The minimum absolute atomic E-state index is 0.0243. The highest BCUT2D eigenvalue weighted by molar-refractivity contribution is 7.18. The topological polar surface area (TPSA) is 42.4 Å². The van der Waals surface area contributed by atoms with Crippen molar-refractivity contribution in [3.05, 3.63) is 58.6 Å². The number of ether oxygens (including phenoxy) is 1. The van der Waals surface area contributed by atoms with E-state index in [0.717, 1.165) is 15.2 Å². The van der Waals surface area contributed by atoms with Crippen molar-refractivity contribution in [2.24, 2.45) is 0 Å². The first kappa shape index (κ1) is 16.7. The molecule has 1 amide bonds. The lowest BCUT2D eigenvalue weighted by molar-refractivity contribution is -0.130. The van der Waals surface area contributed by atoms with Crippen molar-refractivity contribution in [2.45, 2.75) is 13.0 Å². The summed E-state index contributed by atoms with van der Waals surface area (Å²) in [4.78, 5) is 18.4. The summed E-state index contributed by atoms with van der Waals surface area (Å²) in [5.74, 6) is 0.695. The fourth-order valence-corrected chi connectivity index (χ4v) is 3.48. The number of carbonyl (C=O) groups is 1. The lowest BCUT2D eigenvalue weighted by Gasteiger charge is -2.15. The quantitative estimate of drug-likeness (QED) is 0.655. The first-order valence-corrected chi connectivity index (χ1v) is 8.78. The molecule has 0 N–H and O–H groups in total. The van der Waals surface area contributed by atoms with Crippen LogP contribution in [0.15, 0.2) is 48.5 Å². The number of para-hydroxylation sites is 1.